The number of aromatic hydroxyl groups is 1. The number of benzene rings is 2. The van der Waals surface area contributed by atoms with Gasteiger partial charge in [-0.1, -0.05) is 54.6 Å². The van der Waals surface area contributed by atoms with Crippen molar-refractivity contribution in [2.75, 3.05) is 0 Å². The lowest BCUT2D eigenvalue weighted by molar-refractivity contribution is 0.452. The predicted octanol–water partition coefficient (Wildman–Crippen LogP) is 2.81. The average molecular weight is 264 g/mol. The molecule has 1 heterocycles. The van der Waals surface area contributed by atoms with Crippen LogP contribution in [0.2, 0.25) is 0 Å². The monoisotopic (exact) mass is 264 g/mol. The molecular formula is C16H12N2O2. The lowest BCUT2D eigenvalue weighted by Crippen LogP contribution is -2.06. The third kappa shape index (κ3) is 2.44. The van der Waals surface area contributed by atoms with Crippen LogP contribution in [0.5, 0.6) is 5.88 Å². The summed E-state index contributed by atoms with van der Waals surface area (Å²) in [6, 6.07) is 18.7. The van der Waals surface area contributed by atoms with Crippen LogP contribution in [0.1, 0.15) is 0 Å². The van der Waals surface area contributed by atoms with Gasteiger partial charge in [0.15, 0.2) is 0 Å². The predicted molar refractivity (Wildman–Crippen MR) is 77.4 cm³/mol. The van der Waals surface area contributed by atoms with E-state index >= 15 is 0 Å². The summed E-state index contributed by atoms with van der Waals surface area (Å²) in [4.78, 5) is 17.8. The quantitative estimate of drug-likeness (QED) is 0.748. The van der Waals surface area contributed by atoms with Crippen molar-refractivity contribution in [1.82, 2.24) is 9.97 Å². The maximum atomic E-state index is 11.3. The number of aromatic nitrogens is 2. The van der Waals surface area contributed by atoms with Gasteiger partial charge in [0.05, 0.1) is 6.07 Å². The SMILES string of the molecule is O=c1cc(O)nc(-c2ccc(-c3ccccc3)cc2)[nH]1. The van der Waals surface area contributed by atoms with Crippen LogP contribution >= 0.6 is 0 Å². The van der Waals surface area contributed by atoms with E-state index in [2.05, 4.69) is 9.97 Å². The zero-order chi connectivity index (χ0) is 13.9. The molecule has 0 amide bonds. The van der Waals surface area contributed by atoms with Gasteiger partial charge in [-0.2, -0.15) is 4.98 Å². The molecule has 0 aliphatic carbocycles. The van der Waals surface area contributed by atoms with Crippen molar-refractivity contribution in [2.24, 2.45) is 0 Å². The van der Waals surface area contributed by atoms with Gasteiger partial charge in [0.25, 0.3) is 5.56 Å². The highest BCUT2D eigenvalue weighted by atomic mass is 16.3. The summed E-state index contributed by atoms with van der Waals surface area (Å²) in [5, 5.41) is 9.36. The Kier molecular flexibility index (Phi) is 3.05. The van der Waals surface area contributed by atoms with Gasteiger partial charge < -0.3 is 10.1 Å². The van der Waals surface area contributed by atoms with Crippen LogP contribution in [0.25, 0.3) is 22.5 Å². The molecule has 20 heavy (non-hydrogen) atoms. The molecule has 0 spiro atoms. The number of aromatic amines is 1. The smallest absolute Gasteiger partial charge is 0.254 e. The van der Waals surface area contributed by atoms with Crippen molar-refractivity contribution >= 4 is 0 Å². The van der Waals surface area contributed by atoms with Crippen molar-refractivity contribution in [2.45, 2.75) is 0 Å². The molecule has 3 rings (SSSR count). The first-order chi connectivity index (χ1) is 9.72. The third-order valence-electron chi connectivity index (χ3n) is 2.99. The minimum atomic E-state index is -0.375. The van der Waals surface area contributed by atoms with Gasteiger partial charge in [-0.05, 0) is 11.1 Å². The van der Waals surface area contributed by atoms with E-state index in [0.29, 0.717) is 5.82 Å². The average Bonchev–Trinajstić information content (AvgIpc) is 2.47. The molecule has 4 nitrogen and oxygen atoms in total. The zero-order valence-corrected chi connectivity index (χ0v) is 10.6. The van der Waals surface area contributed by atoms with Gasteiger partial charge in [-0.15, -0.1) is 0 Å². The fourth-order valence-electron chi connectivity index (χ4n) is 2.03. The van der Waals surface area contributed by atoms with E-state index in [4.69, 9.17) is 0 Å². The highest BCUT2D eigenvalue weighted by Gasteiger charge is 2.04. The van der Waals surface area contributed by atoms with E-state index < -0.39 is 0 Å². The van der Waals surface area contributed by atoms with Crippen molar-refractivity contribution < 1.29 is 5.11 Å². The summed E-state index contributed by atoms with van der Waals surface area (Å²) in [5.41, 5.74) is 2.57. The second-order valence-corrected chi connectivity index (χ2v) is 4.40. The van der Waals surface area contributed by atoms with Crippen LogP contribution in [-0.2, 0) is 0 Å². The van der Waals surface area contributed by atoms with Crippen molar-refractivity contribution in [3.8, 4) is 28.4 Å². The van der Waals surface area contributed by atoms with E-state index in [9.17, 15) is 9.90 Å². The second-order valence-electron chi connectivity index (χ2n) is 4.40. The van der Waals surface area contributed by atoms with Crippen LogP contribution in [-0.4, -0.2) is 15.1 Å². The minimum absolute atomic E-state index is 0.282. The van der Waals surface area contributed by atoms with Gasteiger partial charge in [-0.25, -0.2) is 0 Å². The number of nitrogens with one attached hydrogen (secondary N) is 1. The number of hydrogen-bond donors (Lipinski definition) is 2. The van der Waals surface area contributed by atoms with Gasteiger partial charge in [-0.3, -0.25) is 4.79 Å². The maximum Gasteiger partial charge on any atom is 0.254 e. The lowest BCUT2D eigenvalue weighted by atomic mass is 10.0. The largest absolute Gasteiger partial charge is 0.493 e. The molecule has 1 aromatic heterocycles. The summed E-state index contributed by atoms with van der Waals surface area (Å²) in [7, 11) is 0. The Morgan fingerprint density at radius 3 is 2.10 bits per heavy atom. The third-order valence-corrected chi connectivity index (χ3v) is 2.99. The number of rotatable bonds is 2. The Hall–Kier alpha value is -2.88. The first-order valence-electron chi connectivity index (χ1n) is 6.18. The van der Waals surface area contributed by atoms with Crippen LogP contribution in [0, 0.1) is 0 Å². The summed E-state index contributed by atoms with van der Waals surface area (Å²) >= 11 is 0. The highest BCUT2D eigenvalue weighted by Crippen LogP contribution is 2.22. The standard InChI is InChI=1S/C16H12N2O2/c19-14-10-15(20)18-16(17-14)13-8-6-12(7-9-13)11-4-2-1-3-5-11/h1-10H,(H2,17,18,19,20). The molecule has 0 fully saturated rings. The van der Waals surface area contributed by atoms with Gasteiger partial charge in [0.2, 0.25) is 5.88 Å². The normalized spacial score (nSPS) is 10.4. The van der Waals surface area contributed by atoms with Gasteiger partial charge >= 0.3 is 0 Å². The topological polar surface area (TPSA) is 66.0 Å². The van der Waals surface area contributed by atoms with E-state index in [0.717, 1.165) is 22.8 Å². The van der Waals surface area contributed by atoms with Crippen molar-refractivity contribution in [3.05, 3.63) is 71.0 Å². The molecule has 0 radical (unpaired) electrons. The molecule has 0 atom stereocenters. The second kappa shape index (κ2) is 5.01. The summed E-state index contributed by atoms with van der Waals surface area (Å²) in [6.45, 7) is 0. The van der Waals surface area contributed by atoms with E-state index in [1.165, 1.54) is 0 Å². The molecule has 2 aromatic carbocycles. The molecule has 0 saturated carbocycles. The molecule has 4 heteroatoms. The number of H-pyrrole nitrogens is 1. The van der Waals surface area contributed by atoms with Crippen LogP contribution in [0.15, 0.2) is 65.5 Å². The summed E-state index contributed by atoms with van der Waals surface area (Å²) < 4.78 is 0. The zero-order valence-electron chi connectivity index (χ0n) is 10.6. The number of hydrogen-bond acceptors (Lipinski definition) is 3. The van der Waals surface area contributed by atoms with E-state index in [-0.39, 0.29) is 11.4 Å². The Labute approximate surface area is 115 Å². The van der Waals surface area contributed by atoms with Crippen LogP contribution < -0.4 is 5.56 Å². The van der Waals surface area contributed by atoms with Gasteiger partial charge in [0, 0.05) is 5.56 Å². The molecule has 0 unspecified atom stereocenters. The van der Waals surface area contributed by atoms with Crippen LogP contribution in [0.4, 0.5) is 0 Å². The summed E-state index contributed by atoms with van der Waals surface area (Å²) in [6.07, 6.45) is 0. The molecule has 0 aliphatic heterocycles. The van der Waals surface area contributed by atoms with Crippen molar-refractivity contribution in [1.29, 1.82) is 0 Å². The van der Waals surface area contributed by atoms with Crippen molar-refractivity contribution in [3.63, 3.8) is 0 Å². The Morgan fingerprint density at radius 1 is 0.850 bits per heavy atom. The fourth-order valence-corrected chi connectivity index (χ4v) is 2.03. The molecule has 0 saturated heterocycles. The maximum absolute atomic E-state index is 11.3. The summed E-state index contributed by atoms with van der Waals surface area (Å²) in [5.74, 6) is 0.0745. The van der Waals surface area contributed by atoms with E-state index in [1.54, 1.807) is 0 Å². The molecule has 0 aliphatic rings. The first-order valence-corrected chi connectivity index (χ1v) is 6.18. The van der Waals surface area contributed by atoms with E-state index in [1.807, 2.05) is 54.6 Å². The highest BCUT2D eigenvalue weighted by molar-refractivity contribution is 5.67. The fraction of sp³-hybridized carbons (Fsp3) is 0. The van der Waals surface area contributed by atoms with Crippen LogP contribution in [0.3, 0.4) is 0 Å². The van der Waals surface area contributed by atoms with Gasteiger partial charge in [0.1, 0.15) is 5.82 Å². The molecule has 98 valence electrons. The molecule has 2 N–H and O–H groups in total. The Balaban J connectivity index is 1.99. The molecule has 0 bridgehead atoms. The Bertz CT molecular complexity index is 778. The Morgan fingerprint density at radius 2 is 1.45 bits per heavy atom. The minimum Gasteiger partial charge on any atom is -0.493 e. The molecular weight excluding hydrogens is 252 g/mol. The molecule has 3 aromatic rings. The number of nitrogens with zero attached hydrogens (tertiary/aromatic N) is 1. The lowest BCUT2D eigenvalue weighted by Gasteiger charge is -2.04. The first kappa shape index (κ1) is 12.2.